The first kappa shape index (κ1) is 14.1. The number of aromatic amines is 1. The third-order valence-electron chi connectivity index (χ3n) is 3.05. The fourth-order valence-electron chi connectivity index (χ4n) is 1.86. The molecule has 2 aromatic rings. The molecule has 0 bridgehead atoms. The second-order valence-corrected chi connectivity index (χ2v) is 4.84. The number of rotatable bonds is 5. The third kappa shape index (κ3) is 3.60. The van der Waals surface area contributed by atoms with E-state index in [-0.39, 0.29) is 11.9 Å². The summed E-state index contributed by atoms with van der Waals surface area (Å²) in [5, 5.41) is 9.48. The zero-order valence-electron chi connectivity index (χ0n) is 11.9. The van der Waals surface area contributed by atoms with Crippen LogP contribution in [0.25, 0.3) is 0 Å². The molecule has 0 aliphatic rings. The molecule has 106 valence electrons. The molecule has 1 aromatic heterocycles. The van der Waals surface area contributed by atoms with Crippen molar-refractivity contribution in [3.63, 3.8) is 0 Å². The van der Waals surface area contributed by atoms with Crippen molar-refractivity contribution < 1.29 is 9.53 Å². The SMILES string of the molecule is Cc1cccc(OC(C)C(=O)NC(C)c2cn[nH]c2)c1. The summed E-state index contributed by atoms with van der Waals surface area (Å²) in [5.74, 6) is 0.545. The molecule has 5 heteroatoms. The van der Waals surface area contributed by atoms with Crippen LogP contribution >= 0.6 is 0 Å². The highest BCUT2D eigenvalue weighted by molar-refractivity contribution is 5.81. The maximum atomic E-state index is 12.1. The van der Waals surface area contributed by atoms with Gasteiger partial charge in [-0.25, -0.2) is 0 Å². The summed E-state index contributed by atoms with van der Waals surface area (Å²) in [4.78, 5) is 12.1. The molecule has 1 heterocycles. The van der Waals surface area contributed by atoms with Crippen molar-refractivity contribution in [2.75, 3.05) is 0 Å². The number of benzene rings is 1. The van der Waals surface area contributed by atoms with E-state index in [2.05, 4.69) is 15.5 Å². The van der Waals surface area contributed by atoms with Crippen LogP contribution in [0.15, 0.2) is 36.7 Å². The van der Waals surface area contributed by atoms with E-state index < -0.39 is 6.10 Å². The normalized spacial score (nSPS) is 13.6. The molecule has 2 N–H and O–H groups in total. The molecule has 5 nitrogen and oxygen atoms in total. The molecule has 0 radical (unpaired) electrons. The van der Waals surface area contributed by atoms with E-state index in [4.69, 9.17) is 4.74 Å². The van der Waals surface area contributed by atoms with Crippen molar-refractivity contribution in [2.24, 2.45) is 0 Å². The maximum Gasteiger partial charge on any atom is 0.261 e. The lowest BCUT2D eigenvalue weighted by molar-refractivity contribution is -0.127. The molecule has 20 heavy (non-hydrogen) atoms. The number of nitrogens with zero attached hydrogens (tertiary/aromatic N) is 1. The Labute approximate surface area is 118 Å². The fraction of sp³-hybridized carbons (Fsp3) is 0.333. The number of hydrogen-bond acceptors (Lipinski definition) is 3. The van der Waals surface area contributed by atoms with Crippen molar-refractivity contribution in [2.45, 2.75) is 32.9 Å². The van der Waals surface area contributed by atoms with Crippen LogP contribution in [0, 0.1) is 6.92 Å². The van der Waals surface area contributed by atoms with Gasteiger partial charge in [0.15, 0.2) is 6.10 Å². The second kappa shape index (κ2) is 6.23. The standard InChI is InChI=1S/C15H19N3O2/c1-10-5-4-6-14(7-10)20-12(3)15(19)18-11(2)13-8-16-17-9-13/h4-9,11-12H,1-3H3,(H,16,17)(H,18,19). The van der Waals surface area contributed by atoms with E-state index in [1.165, 1.54) is 0 Å². The van der Waals surface area contributed by atoms with E-state index in [1.54, 1.807) is 19.3 Å². The van der Waals surface area contributed by atoms with Crippen molar-refractivity contribution in [3.05, 3.63) is 47.8 Å². The Kier molecular flexibility index (Phi) is 4.40. The predicted molar refractivity (Wildman–Crippen MR) is 76.4 cm³/mol. The Morgan fingerprint density at radius 1 is 1.40 bits per heavy atom. The van der Waals surface area contributed by atoms with Crippen LogP contribution in [0.2, 0.25) is 0 Å². The number of hydrogen-bond donors (Lipinski definition) is 2. The fourth-order valence-corrected chi connectivity index (χ4v) is 1.86. The highest BCUT2D eigenvalue weighted by Gasteiger charge is 2.18. The molecule has 0 spiro atoms. The Hall–Kier alpha value is -2.30. The highest BCUT2D eigenvalue weighted by Crippen LogP contribution is 2.15. The quantitative estimate of drug-likeness (QED) is 0.878. The Bertz CT molecular complexity index is 566. The summed E-state index contributed by atoms with van der Waals surface area (Å²) in [7, 11) is 0. The molecule has 0 aliphatic heterocycles. The van der Waals surface area contributed by atoms with Crippen molar-refractivity contribution in [3.8, 4) is 5.75 Å². The van der Waals surface area contributed by atoms with Crippen LogP contribution in [-0.4, -0.2) is 22.2 Å². The molecule has 0 saturated carbocycles. The van der Waals surface area contributed by atoms with Crippen molar-refractivity contribution in [1.29, 1.82) is 0 Å². The minimum Gasteiger partial charge on any atom is -0.481 e. The Morgan fingerprint density at radius 3 is 2.85 bits per heavy atom. The maximum absolute atomic E-state index is 12.1. The number of aromatic nitrogens is 2. The zero-order chi connectivity index (χ0) is 14.5. The van der Waals surface area contributed by atoms with Crippen LogP contribution in [0.3, 0.4) is 0 Å². The summed E-state index contributed by atoms with van der Waals surface area (Å²) in [6.07, 6.45) is 2.90. The van der Waals surface area contributed by atoms with Crippen LogP contribution in [-0.2, 0) is 4.79 Å². The highest BCUT2D eigenvalue weighted by atomic mass is 16.5. The number of aryl methyl sites for hydroxylation is 1. The molecule has 0 aliphatic carbocycles. The lowest BCUT2D eigenvalue weighted by Gasteiger charge is -2.18. The summed E-state index contributed by atoms with van der Waals surface area (Å²) in [6, 6.07) is 7.53. The van der Waals surface area contributed by atoms with Crippen molar-refractivity contribution >= 4 is 5.91 Å². The first-order chi connectivity index (χ1) is 9.56. The molecule has 2 rings (SSSR count). The van der Waals surface area contributed by atoms with E-state index in [9.17, 15) is 4.79 Å². The largest absolute Gasteiger partial charge is 0.481 e. The minimum atomic E-state index is -0.550. The van der Waals surface area contributed by atoms with Gasteiger partial charge in [-0.3, -0.25) is 9.89 Å². The van der Waals surface area contributed by atoms with Gasteiger partial charge in [0.25, 0.3) is 5.91 Å². The van der Waals surface area contributed by atoms with Gasteiger partial charge < -0.3 is 10.1 Å². The first-order valence-electron chi connectivity index (χ1n) is 6.58. The third-order valence-corrected chi connectivity index (χ3v) is 3.05. The van der Waals surface area contributed by atoms with Gasteiger partial charge in [0, 0.05) is 11.8 Å². The topological polar surface area (TPSA) is 67.0 Å². The predicted octanol–water partition coefficient (Wildman–Crippen LogP) is 2.36. The number of H-pyrrole nitrogens is 1. The molecule has 1 amide bonds. The number of ether oxygens (including phenoxy) is 1. The lowest BCUT2D eigenvalue weighted by Crippen LogP contribution is -2.37. The van der Waals surface area contributed by atoms with E-state index >= 15 is 0 Å². The average molecular weight is 273 g/mol. The van der Waals surface area contributed by atoms with Gasteiger partial charge in [0.2, 0.25) is 0 Å². The second-order valence-electron chi connectivity index (χ2n) is 4.84. The van der Waals surface area contributed by atoms with Gasteiger partial charge in [-0.05, 0) is 38.5 Å². The molecule has 2 unspecified atom stereocenters. The van der Waals surface area contributed by atoms with E-state index in [1.807, 2.05) is 38.1 Å². The Balaban J connectivity index is 1.92. The first-order valence-corrected chi connectivity index (χ1v) is 6.58. The van der Waals surface area contributed by atoms with Gasteiger partial charge >= 0.3 is 0 Å². The molecular weight excluding hydrogens is 254 g/mol. The van der Waals surface area contributed by atoms with Gasteiger partial charge in [0.1, 0.15) is 5.75 Å². The monoisotopic (exact) mass is 273 g/mol. The van der Waals surface area contributed by atoms with Crippen LogP contribution in [0.5, 0.6) is 5.75 Å². The molecular formula is C15H19N3O2. The van der Waals surface area contributed by atoms with Gasteiger partial charge in [-0.2, -0.15) is 5.10 Å². The van der Waals surface area contributed by atoms with Crippen molar-refractivity contribution in [1.82, 2.24) is 15.5 Å². The Morgan fingerprint density at radius 2 is 2.20 bits per heavy atom. The number of amides is 1. The van der Waals surface area contributed by atoms with Crippen LogP contribution in [0.1, 0.15) is 31.0 Å². The van der Waals surface area contributed by atoms with Crippen LogP contribution < -0.4 is 10.1 Å². The zero-order valence-corrected chi connectivity index (χ0v) is 11.9. The van der Waals surface area contributed by atoms with Crippen LogP contribution in [0.4, 0.5) is 0 Å². The summed E-state index contributed by atoms with van der Waals surface area (Å²) < 4.78 is 5.64. The number of carbonyl (C=O) groups excluding carboxylic acids is 1. The molecule has 0 fully saturated rings. The molecule has 0 saturated heterocycles. The number of nitrogens with one attached hydrogen (secondary N) is 2. The lowest BCUT2D eigenvalue weighted by atomic mass is 10.2. The summed E-state index contributed by atoms with van der Waals surface area (Å²) in [5.41, 5.74) is 2.03. The smallest absolute Gasteiger partial charge is 0.261 e. The van der Waals surface area contributed by atoms with Gasteiger partial charge in [-0.15, -0.1) is 0 Å². The average Bonchev–Trinajstić information content (AvgIpc) is 2.92. The number of carbonyl (C=O) groups is 1. The van der Waals surface area contributed by atoms with E-state index in [0.29, 0.717) is 5.75 Å². The summed E-state index contributed by atoms with van der Waals surface area (Å²) in [6.45, 7) is 5.63. The minimum absolute atomic E-state index is 0.107. The van der Waals surface area contributed by atoms with E-state index in [0.717, 1.165) is 11.1 Å². The molecule has 1 aromatic carbocycles. The van der Waals surface area contributed by atoms with Gasteiger partial charge in [0.05, 0.1) is 12.2 Å². The molecule has 2 atom stereocenters. The summed E-state index contributed by atoms with van der Waals surface area (Å²) >= 11 is 0. The van der Waals surface area contributed by atoms with Gasteiger partial charge in [-0.1, -0.05) is 12.1 Å².